The highest BCUT2D eigenvalue weighted by Crippen LogP contribution is 2.35. The van der Waals surface area contributed by atoms with Crippen LogP contribution in [0.5, 0.6) is 11.6 Å². The van der Waals surface area contributed by atoms with Gasteiger partial charge in [0.2, 0.25) is 23.5 Å². The molecule has 3 amide bonds. The third-order valence-electron chi connectivity index (χ3n) is 12.4. The van der Waals surface area contributed by atoms with Gasteiger partial charge in [-0.25, -0.2) is 15.0 Å². The molecule has 2 saturated heterocycles. The molecule has 62 heavy (non-hydrogen) atoms. The fourth-order valence-corrected chi connectivity index (χ4v) is 8.97. The van der Waals surface area contributed by atoms with Gasteiger partial charge in [0.15, 0.2) is 5.60 Å². The van der Waals surface area contributed by atoms with Crippen LogP contribution in [0.25, 0.3) is 32.9 Å². The van der Waals surface area contributed by atoms with Gasteiger partial charge < -0.3 is 28.6 Å². The summed E-state index contributed by atoms with van der Waals surface area (Å²) in [6.45, 7) is 5.63. The van der Waals surface area contributed by atoms with Gasteiger partial charge in [-0.15, -0.1) is 0 Å². The lowest BCUT2D eigenvalue weighted by molar-refractivity contribution is -0.136. The smallest absolute Gasteiger partial charge is 0.255 e. The topological polar surface area (TPSA) is 154 Å². The van der Waals surface area contributed by atoms with E-state index in [0.717, 1.165) is 77.7 Å². The van der Waals surface area contributed by atoms with Crippen molar-refractivity contribution in [1.82, 2.24) is 34.7 Å². The Morgan fingerprint density at radius 1 is 0.823 bits per heavy atom. The monoisotopic (exact) mass is 830 g/mol. The highest BCUT2D eigenvalue weighted by atomic mass is 16.5. The quantitative estimate of drug-likeness (QED) is 0.132. The maximum absolute atomic E-state index is 13.1. The summed E-state index contributed by atoms with van der Waals surface area (Å²) in [5.74, 6) is 7.70. The first-order chi connectivity index (χ1) is 30.0. The molecular weight excluding hydrogens is 785 g/mol. The van der Waals surface area contributed by atoms with Gasteiger partial charge in [0.1, 0.15) is 23.7 Å². The molecule has 3 fully saturated rings. The number of pyridine rings is 2. The van der Waals surface area contributed by atoms with Crippen LogP contribution in [0.15, 0.2) is 85.5 Å². The van der Waals surface area contributed by atoms with Crippen LogP contribution in [0.3, 0.4) is 0 Å². The number of carbonyl (C=O) groups excluding carboxylic acids is 3. The summed E-state index contributed by atoms with van der Waals surface area (Å²) >= 11 is 0. The minimum Gasteiger partial charge on any atom is -0.475 e. The molecule has 314 valence electrons. The molecule has 4 aromatic heterocycles. The maximum atomic E-state index is 13.1. The third kappa shape index (κ3) is 7.80. The molecule has 0 radical (unpaired) electrons. The zero-order valence-electron chi connectivity index (χ0n) is 34.8. The van der Waals surface area contributed by atoms with Gasteiger partial charge in [-0.1, -0.05) is 12.1 Å². The number of aryl methyl sites for hydroxylation is 1. The van der Waals surface area contributed by atoms with Crippen LogP contribution in [0.4, 0.5) is 5.82 Å². The van der Waals surface area contributed by atoms with Gasteiger partial charge >= 0.3 is 0 Å². The van der Waals surface area contributed by atoms with Crippen LogP contribution in [-0.4, -0.2) is 90.2 Å². The van der Waals surface area contributed by atoms with Crippen LogP contribution in [0.2, 0.25) is 0 Å². The zero-order chi connectivity index (χ0) is 42.5. The highest BCUT2D eigenvalue weighted by molar-refractivity contribution is 6.08. The molecule has 4 aliphatic rings. The molecule has 0 spiro atoms. The number of piperidine rings is 2. The molecule has 2 aromatic carbocycles. The van der Waals surface area contributed by atoms with E-state index in [9.17, 15) is 14.4 Å². The predicted octanol–water partition coefficient (Wildman–Crippen LogP) is 6.14. The average molecular weight is 831 g/mol. The molecule has 1 N–H and O–H groups in total. The van der Waals surface area contributed by atoms with Crippen LogP contribution in [-0.2, 0) is 27.9 Å². The zero-order valence-corrected chi connectivity index (χ0v) is 34.8. The summed E-state index contributed by atoms with van der Waals surface area (Å²) in [7, 11) is 2.09. The molecule has 1 atom stereocenters. The number of fused-ring (bicyclic) bond motifs is 4. The molecular formula is C48H46N8O6. The summed E-state index contributed by atoms with van der Waals surface area (Å²) in [5.41, 5.74) is 4.86. The van der Waals surface area contributed by atoms with Gasteiger partial charge in [-0.2, -0.15) is 0 Å². The highest BCUT2D eigenvalue weighted by Gasteiger charge is 2.39. The fraction of sp³-hybridized carbons (Fsp3) is 0.354. The van der Waals surface area contributed by atoms with E-state index in [1.54, 1.807) is 18.3 Å². The van der Waals surface area contributed by atoms with Crippen molar-refractivity contribution in [1.29, 1.82) is 0 Å². The fourth-order valence-electron chi connectivity index (χ4n) is 8.97. The second-order valence-corrected chi connectivity index (χ2v) is 17.0. The summed E-state index contributed by atoms with van der Waals surface area (Å²) < 4.78 is 21.2. The van der Waals surface area contributed by atoms with E-state index in [1.807, 2.05) is 56.7 Å². The maximum Gasteiger partial charge on any atom is 0.255 e. The Balaban J connectivity index is 0.681. The van der Waals surface area contributed by atoms with E-state index in [0.29, 0.717) is 29.4 Å². The number of nitrogens with one attached hydrogen (secondary N) is 1. The molecule has 6 aromatic rings. The van der Waals surface area contributed by atoms with Crippen molar-refractivity contribution in [2.45, 2.75) is 88.9 Å². The summed E-state index contributed by atoms with van der Waals surface area (Å²) in [5, 5.41) is 4.68. The van der Waals surface area contributed by atoms with Crippen molar-refractivity contribution >= 4 is 45.3 Å². The second-order valence-electron chi connectivity index (χ2n) is 17.0. The first-order valence-corrected chi connectivity index (χ1v) is 21.2. The normalized spacial score (nSPS) is 20.4. The van der Waals surface area contributed by atoms with Crippen LogP contribution in [0, 0.1) is 11.8 Å². The van der Waals surface area contributed by atoms with Gasteiger partial charge in [-0.3, -0.25) is 24.7 Å². The first-order valence-electron chi connectivity index (χ1n) is 21.2. The van der Waals surface area contributed by atoms with E-state index < -0.39 is 17.6 Å². The molecule has 3 aliphatic heterocycles. The van der Waals surface area contributed by atoms with E-state index >= 15 is 0 Å². The Morgan fingerprint density at radius 2 is 1.66 bits per heavy atom. The van der Waals surface area contributed by atoms with Gasteiger partial charge in [0.05, 0.1) is 17.7 Å². The second kappa shape index (κ2) is 15.9. The number of amides is 3. The Hall–Kier alpha value is -6.85. The number of anilines is 1. The van der Waals surface area contributed by atoms with Gasteiger partial charge in [0, 0.05) is 104 Å². The third-order valence-corrected chi connectivity index (χ3v) is 12.4. The van der Waals surface area contributed by atoms with Crippen molar-refractivity contribution in [2.24, 2.45) is 7.05 Å². The van der Waals surface area contributed by atoms with Crippen molar-refractivity contribution < 1.29 is 28.6 Å². The average Bonchev–Trinajstić information content (AvgIpc) is 3.74. The number of benzene rings is 2. The van der Waals surface area contributed by atoms with E-state index in [-0.39, 0.29) is 43.1 Å². The Kier molecular flexibility index (Phi) is 10.1. The summed E-state index contributed by atoms with van der Waals surface area (Å²) in [4.78, 5) is 59.0. The van der Waals surface area contributed by atoms with Crippen LogP contribution < -0.4 is 19.7 Å². The SMILES string of the molecule is Cn1c2ccncc2c2ccc(-c3ccc(OC4CC(OC5CCN(c6ccnc(C#CC(C)(C)Oc7ccc8c(c7)CN(C7CCC(=O)NC7=O)C8=O)n6)CC5)C4)nc3)cc21. The first kappa shape index (κ1) is 39.3. The van der Waals surface area contributed by atoms with Crippen molar-refractivity contribution in [3.8, 4) is 34.6 Å². The number of imide groups is 1. The minimum absolute atomic E-state index is 0.0898. The standard InChI is InChI=1S/C48H46N8O6/c1-48(2,62-33-6-8-36-31(22-33)28-56(47(36)59)40-9-10-44(57)53-46(40)58)17-12-42-50-19-14-43(52-42)55-20-15-32(16-21-55)60-34-24-35(25-34)61-45-11-5-30(26-51-45)29-4-7-37-38-27-49-18-13-39(38)54(3)41(37)23-29/h4-8,11,13-14,18-19,22-23,26-27,32,34-35,40H,9-10,15-16,20-21,24-25,28H2,1-3H3,(H,53,57,58). The molecule has 1 aliphatic carbocycles. The summed E-state index contributed by atoms with van der Waals surface area (Å²) in [6.07, 6.45) is 11.8. The summed E-state index contributed by atoms with van der Waals surface area (Å²) in [6, 6.07) is 19.1. The van der Waals surface area contributed by atoms with Crippen molar-refractivity contribution in [3.05, 3.63) is 102 Å². The molecule has 14 nitrogen and oxygen atoms in total. The molecule has 0 bridgehead atoms. The van der Waals surface area contributed by atoms with E-state index in [4.69, 9.17) is 19.2 Å². The lowest BCUT2D eigenvalue weighted by Gasteiger charge is -2.40. The Bertz CT molecular complexity index is 2800. The Labute approximate surface area is 358 Å². The largest absolute Gasteiger partial charge is 0.475 e. The molecule has 1 unspecified atom stereocenters. The predicted molar refractivity (Wildman–Crippen MR) is 231 cm³/mol. The Morgan fingerprint density at radius 3 is 2.47 bits per heavy atom. The van der Waals surface area contributed by atoms with Crippen molar-refractivity contribution in [3.63, 3.8) is 0 Å². The van der Waals surface area contributed by atoms with Crippen LogP contribution >= 0.6 is 0 Å². The van der Waals surface area contributed by atoms with Gasteiger partial charge in [-0.05, 0) is 98.5 Å². The lowest BCUT2D eigenvalue weighted by Crippen LogP contribution is -2.52. The number of hydrogen-bond donors (Lipinski definition) is 1. The lowest BCUT2D eigenvalue weighted by atomic mass is 9.91. The van der Waals surface area contributed by atoms with Crippen LogP contribution in [0.1, 0.15) is 74.1 Å². The molecule has 10 rings (SSSR count). The van der Waals surface area contributed by atoms with E-state index in [1.165, 1.54) is 10.3 Å². The molecule has 1 saturated carbocycles. The number of hydrogen-bond acceptors (Lipinski definition) is 11. The number of carbonyl (C=O) groups is 3. The number of nitrogens with zero attached hydrogens (tertiary/aromatic N) is 7. The number of ether oxygens (including phenoxy) is 3. The minimum atomic E-state index is -0.894. The van der Waals surface area contributed by atoms with Gasteiger partial charge in [0.25, 0.3) is 5.91 Å². The number of aromatic nitrogens is 5. The van der Waals surface area contributed by atoms with Crippen molar-refractivity contribution in [2.75, 3.05) is 18.0 Å². The number of rotatable bonds is 9. The molecule has 14 heteroatoms. The molecule has 7 heterocycles. The van der Waals surface area contributed by atoms with E-state index in [2.05, 4.69) is 72.9 Å².